The number of carbonyl (C=O) groups excluding carboxylic acids is 1. The minimum Gasteiger partial charge on any atom is -0.497 e. The predicted molar refractivity (Wildman–Crippen MR) is 110 cm³/mol. The van der Waals surface area contributed by atoms with Crippen molar-refractivity contribution in [3.63, 3.8) is 0 Å². The summed E-state index contributed by atoms with van der Waals surface area (Å²) in [5, 5.41) is 2.96. The number of ether oxygens (including phenoxy) is 2. The van der Waals surface area contributed by atoms with E-state index in [1.165, 1.54) is 0 Å². The van der Waals surface area contributed by atoms with Crippen LogP contribution in [0.4, 0.5) is 0 Å². The second-order valence-corrected chi connectivity index (χ2v) is 6.89. The highest BCUT2D eigenvalue weighted by Gasteiger charge is 2.12. The third-order valence-electron chi connectivity index (χ3n) is 4.53. The molecule has 2 aromatic carbocycles. The number of imidazole rings is 1. The lowest BCUT2D eigenvalue weighted by molar-refractivity contribution is -0.123. The summed E-state index contributed by atoms with van der Waals surface area (Å²) in [6, 6.07) is 15.6. The number of hydrogen-bond acceptors (Lipinski definition) is 4. The number of nitrogens with one attached hydrogen (secondary N) is 1. The highest BCUT2D eigenvalue weighted by Crippen LogP contribution is 2.20. The van der Waals surface area contributed by atoms with Crippen molar-refractivity contribution in [2.75, 3.05) is 20.3 Å². The molecular formula is C22H27N3O3. The van der Waals surface area contributed by atoms with Crippen molar-refractivity contribution in [2.24, 2.45) is 5.92 Å². The molecule has 0 radical (unpaired) electrons. The van der Waals surface area contributed by atoms with Gasteiger partial charge in [0.2, 0.25) is 5.91 Å². The van der Waals surface area contributed by atoms with E-state index in [4.69, 9.17) is 14.5 Å². The Morgan fingerprint density at radius 2 is 1.93 bits per heavy atom. The Bertz CT molecular complexity index is 934. The van der Waals surface area contributed by atoms with Gasteiger partial charge in [0.05, 0.1) is 24.7 Å². The first kappa shape index (κ1) is 19.7. The molecule has 1 N–H and O–H groups in total. The van der Waals surface area contributed by atoms with Gasteiger partial charge in [-0.15, -0.1) is 0 Å². The second kappa shape index (κ2) is 9.26. The van der Waals surface area contributed by atoms with E-state index >= 15 is 0 Å². The molecule has 28 heavy (non-hydrogen) atoms. The Morgan fingerprint density at radius 1 is 1.14 bits per heavy atom. The molecule has 148 valence electrons. The summed E-state index contributed by atoms with van der Waals surface area (Å²) in [6.45, 7) is 5.53. The van der Waals surface area contributed by atoms with E-state index in [0.29, 0.717) is 26.1 Å². The first-order chi connectivity index (χ1) is 13.6. The Hall–Kier alpha value is -3.02. The lowest BCUT2D eigenvalue weighted by Crippen LogP contribution is -2.30. The van der Waals surface area contributed by atoms with E-state index in [0.717, 1.165) is 28.4 Å². The summed E-state index contributed by atoms with van der Waals surface area (Å²) in [7, 11) is 1.64. The number of hydrogen-bond donors (Lipinski definition) is 1. The van der Waals surface area contributed by atoms with Gasteiger partial charge in [-0.1, -0.05) is 32.0 Å². The molecule has 6 heteroatoms. The third kappa shape index (κ3) is 4.82. The lowest BCUT2D eigenvalue weighted by Gasteiger charge is -2.12. The van der Waals surface area contributed by atoms with E-state index in [1.54, 1.807) is 7.11 Å². The van der Waals surface area contributed by atoms with Gasteiger partial charge in [-0.25, -0.2) is 4.98 Å². The SMILES string of the molecule is COc1cccc(OCCn2c(CCNC(=O)C(C)C)nc3ccccc32)c1. The monoisotopic (exact) mass is 381 g/mol. The molecule has 0 saturated heterocycles. The number of carbonyl (C=O) groups is 1. The van der Waals surface area contributed by atoms with Crippen molar-refractivity contribution in [2.45, 2.75) is 26.8 Å². The molecule has 0 unspecified atom stereocenters. The number of rotatable bonds is 9. The molecule has 1 aromatic heterocycles. The predicted octanol–water partition coefficient (Wildman–Crippen LogP) is 3.44. The lowest BCUT2D eigenvalue weighted by atomic mass is 10.2. The summed E-state index contributed by atoms with van der Waals surface area (Å²) in [5.74, 6) is 2.53. The van der Waals surface area contributed by atoms with Gasteiger partial charge in [-0.2, -0.15) is 0 Å². The summed E-state index contributed by atoms with van der Waals surface area (Å²) >= 11 is 0. The fourth-order valence-corrected chi connectivity index (χ4v) is 3.01. The third-order valence-corrected chi connectivity index (χ3v) is 4.53. The van der Waals surface area contributed by atoms with Crippen molar-refractivity contribution >= 4 is 16.9 Å². The number of amides is 1. The molecule has 0 spiro atoms. The number of methoxy groups -OCH3 is 1. The minimum absolute atomic E-state index is 0.0184. The first-order valence-electron chi connectivity index (χ1n) is 9.57. The quantitative estimate of drug-likeness (QED) is 0.617. The average Bonchev–Trinajstić information content (AvgIpc) is 3.05. The molecule has 0 saturated carbocycles. The number of fused-ring (bicyclic) bond motifs is 1. The smallest absolute Gasteiger partial charge is 0.222 e. The van der Waals surface area contributed by atoms with Crippen LogP contribution in [-0.4, -0.2) is 35.7 Å². The van der Waals surface area contributed by atoms with Crippen LogP contribution in [0, 0.1) is 5.92 Å². The van der Waals surface area contributed by atoms with Crippen LogP contribution in [-0.2, 0) is 17.8 Å². The van der Waals surface area contributed by atoms with Gasteiger partial charge in [0.1, 0.15) is 23.9 Å². The Labute approximate surface area is 165 Å². The van der Waals surface area contributed by atoms with Crippen molar-refractivity contribution in [1.29, 1.82) is 0 Å². The van der Waals surface area contributed by atoms with Crippen LogP contribution in [0.25, 0.3) is 11.0 Å². The molecule has 0 aliphatic rings. The van der Waals surface area contributed by atoms with Gasteiger partial charge in [0.25, 0.3) is 0 Å². The van der Waals surface area contributed by atoms with Gasteiger partial charge in [0, 0.05) is 24.9 Å². The van der Waals surface area contributed by atoms with E-state index in [2.05, 4.69) is 16.0 Å². The fraction of sp³-hybridized carbons (Fsp3) is 0.364. The molecule has 6 nitrogen and oxygen atoms in total. The second-order valence-electron chi connectivity index (χ2n) is 6.89. The average molecular weight is 381 g/mol. The molecule has 1 heterocycles. The number of para-hydroxylation sites is 2. The van der Waals surface area contributed by atoms with Crippen molar-refractivity contribution in [1.82, 2.24) is 14.9 Å². The first-order valence-corrected chi connectivity index (χ1v) is 9.57. The zero-order valence-electron chi connectivity index (χ0n) is 16.6. The molecule has 1 amide bonds. The van der Waals surface area contributed by atoms with Crippen LogP contribution in [0.2, 0.25) is 0 Å². The van der Waals surface area contributed by atoms with Crippen LogP contribution in [0.1, 0.15) is 19.7 Å². The van der Waals surface area contributed by atoms with Crippen LogP contribution < -0.4 is 14.8 Å². The number of aromatic nitrogens is 2. The molecule has 3 rings (SSSR count). The van der Waals surface area contributed by atoms with Crippen LogP contribution in [0.3, 0.4) is 0 Å². The highest BCUT2D eigenvalue weighted by molar-refractivity contribution is 5.78. The molecule has 0 atom stereocenters. The van der Waals surface area contributed by atoms with Gasteiger partial charge in [-0.05, 0) is 24.3 Å². The van der Waals surface area contributed by atoms with Gasteiger partial charge >= 0.3 is 0 Å². The van der Waals surface area contributed by atoms with Gasteiger partial charge < -0.3 is 19.4 Å². The van der Waals surface area contributed by atoms with Crippen LogP contribution in [0.5, 0.6) is 11.5 Å². The summed E-state index contributed by atoms with van der Waals surface area (Å²) in [5.41, 5.74) is 2.02. The molecule has 0 aliphatic carbocycles. The Balaban J connectivity index is 1.68. The summed E-state index contributed by atoms with van der Waals surface area (Å²) in [6.07, 6.45) is 0.673. The maximum atomic E-state index is 11.8. The zero-order chi connectivity index (χ0) is 19.9. The molecule has 0 fully saturated rings. The van der Waals surface area contributed by atoms with E-state index < -0.39 is 0 Å². The van der Waals surface area contributed by atoms with Crippen LogP contribution >= 0.6 is 0 Å². The van der Waals surface area contributed by atoms with Gasteiger partial charge in [0.15, 0.2) is 0 Å². The molecule has 0 bridgehead atoms. The van der Waals surface area contributed by atoms with Gasteiger partial charge in [-0.3, -0.25) is 4.79 Å². The molecule has 3 aromatic rings. The van der Waals surface area contributed by atoms with E-state index in [9.17, 15) is 4.79 Å². The topological polar surface area (TPSA) is 65.4 Å². The van der Waals surface area contributed by atoms with E-state index in [-0.39, 0.29) is 11.8 Å². The maximum Gasteiger partial charge on any atom is 0.222 e. The Kier molecular flexibility index (Phi) is 6.53. The fourth-order valence-electron chi connectivity index (χ4n) is 3.01. The largest absolute Gasteiger partial charge is 0.497 e. The summed E-state index contributed by atoms with van der Waals surface area (Å²) < 4.78 is 13.3. The van der Waals surface area contributed by atoms with Crippen molar-refractivity contribution < 1.29 is 14.3 Å². The zero-order valence-corrected chi connectivity index (χ0v) is 16.6. The standard InChI is InChI=1S/C22H27N3O3/c1-16(2)22(26)23-12-11-21-24-19-9-4-5-10-20(19)25(21)13-14-28-18-8-6-7-17(15-18)27-3/h4-10,15-16H,11-14H2,1-3H3,(H,23,26). The Morgan fingerprint density at radius 3 is 2.71 bits per heavy atom. The minimum atomic E-state index is -0.0184. The molecule has 0 aliphatic heterocycles. The number of benzene rings is 2. The molecular weight excluding hydrogens is 354 g/mol. The maximum absolute atomic E-state index is 11.8. The summed E-state index contributed by atoms with van der Waals surface area (Å²) in [4.78, 5) is 16.5. The van der Waals surface area contributed by atoms with E-state index in [1.807, 2.05) is 56.3 Å². The van der Waals surface area contributed by atoms with Crippen molar-refractivity contribution in [3.8, 4) is 11.5 Å². The number of nitrogens with zero attached hydrogens (tertiary/aromatic N) is 2. The normalized spacial score (nSPS) is 11.0. The highest BCUT2D eigenvalue weighted by atomic mass is 16.5. The van der Waals surface area contributed by atoms with Crippen molar-refractivity contribution in [3.05, 3.63) is 54.4 Å². The van der Waals surface area contributed by atoms with Crippen LogP contribution in [0.15, 0.2) is 48.5 Å².